The zero-order valence-electron chi connectivity index (χ0n) is 8.00. The third kappa shape index (κ3) is 1.91. The second-order valence-corrected chi connectivity index (χ2v) is 3.12. The Morgan fingerprint density at radius 3 is 2.33 bits per heavy atom. The van der Waals surface area contributed by atoms with Crippen molar-refractivity contribution in [1.82, 2.24) is 0 Å². The van der Waals surface area contributed by atoms with Crippen molar-refractivity contribution >= 4 is 5.97 Å². The molecule has 2 unspecified atom stereocenters. The van der Waals surface area contributed by atoms with Gasteiger partial charge in [0.1, 0.15) is 6.10 Å². The number of aliphatic carboxylic acids is 1. The summed E-state index contributed by atoms with van der Waals surface area (Å²) < 4.78 is 0. The maximum Gasteiger partial charge on any atom is 0.343 e. The molecule has 4 heteroatoms. The normalized spacial score (nSPS) is 16.4. The van der Waals surface area contributed by atoms with Gasteiger partial charge in [-0.3, -0.25) is 0 Å². The molecule has 15 heavy (non-hydrogen) atoms. The quantitative estimate of drug-likeness (QED) is 0.630. The maximum absolute atomic E-state index is 11.0. The SMILES string of the molecule is C=CC(O)C(O)(C(=O)O)c1ccccc1. The molecule has 1 aromatic carbocycles. The standard InChI is InChI=1S/C11H12O4/c1-2-9(12)11(15,10(13)14)8-6-4-3-5-7-8/h2-7,9,12,15H,1H2,(H,13,14). The average Bonchev–Trinajstić information content (AvgIpc) is 2.27. The molecule has 0 spiro atoms. The molecular formula is C11H12O4. The maximum atomic E-state index is 11.0. The number of carboxylic acids is 1. The summed E-state index contributed by atoms with van der Waals surface area (Å²) in [4.78, 5) is 11.0. The van der Waals surface area contributed by atoms with Gasteiger partial charge in [0.15, 0.2) is 0 Å². The van der Waals surface area contributed by atoms with Crippen LogP contribution in [0.25, 0.3) is 0 Å². The van der Waals surface area contributed by atoms with Crippen molar-refractivity contribution in [1.29, 1.82) is 0 Å². The minimum atomic E-state index is -2.34. The van der Waals surface area contributed by atoms with Gasteiger partial charge in [-0.2, -0.15) is 0 Å². The lowest BCUT2D eigenvalue weighted by Crippen LogP contribution is -2.45. The minimum Gasteiger partial charge on any atom is -0.479 e. The molecule has 0 saturated carbocycles. The summed E-state index contributed by atoms with van der Waals surface area (Å²) in [7, 11) is 0. The first kappa shape index (κ1) is 11.4. The van der Waals surface area contributed by atoms with Gasteiger partial charge in [-0.1, -0.05) is 36.4 Å². The number of hydrogen-bond acceptors (Lipinski definition) is 3. The summed E-state index contributed by atoms with van der Waals surface area (Å²) in [5.41, 5.74) is -2.23. The lowest BCUT2D eigenvalue weighted by Gasteiger charge is -2.27. The predicted molar refractivity (Wildman–Crippen MR) is 54.2 cm³/mol. The minimum absolute atomic E-state index is 0.116. The number of benzene rings is 1. The van der Waals surface area contributed by atoms with Gasteiger partial charge in [0.05, 0.1) is 0 Å². The van der Waals surface area contributed by atoms with Gasteiger partial charge in [-0.15, -0.1) is 6.58 Å². The van der Waals surface area contributed by atoms with E-state index in [0.29, 0.717) is 0 Å². The van der Waals surface area contributed by atoms with E-state index < -0.39 is 17.7 Å². The Balaban J connectivity index is 3.24. The zero-order chi connectivity index (χ0) is 11.5. The van der Waals surface area contributed by atoms with E-state index in [2.05, 4.69) is 6.58 Å². The molecule has 0 radical (unpaired) electrons. The van der Waals surface area contributed by atoms with E-state index in [1.807, 2.05) is 0 Å². The topological polar surface area (TPSA) is 77.8 Å². The number of hydrogen-bond donors (Lipinski definition) is 3. The fourth-order valence-corrected chi connectivity index (χ4v) is 1.28. The molecule has 0 amide bonds. The molecule has 0 aliphatic rings. The summed E-state index contributed by atoms with van der Waals surface area (Å²) in [6.45, 7) is 3.26. The van der Waals surface area contributed by atoms with Crippen LogP contribution in [0.4, 0.5) is 0 Å². The highest BCUT2D eigenvalue weighted by molar-refractivity contribution is 5.80. The third-order valence-corrected chi connectivity index (χ3v) is 2.19. The van der Waals surface area contributed by atoms with Crippen LogP contribution in [0.15, 0.2) is 43.0 Å². The van der Waals surface area contributed by atoms with Crippen LogP contribution >= 0.6 is 0 Å². The molecule has 0 bridgehead atoms. The largest absolute Gasteiger partial charge is 0.479 e. The molecular weight excluding hydrogens is 196 g/mol. The monoisotopic (exact) mass is 208 g/mol. The Hall–Kier alpha value is -1.65. The van der Waals surface area contributed by atoms with Gasteiger partial charge in [0.2, 0.25) is 5.60 Å². The molecule has 1 aromatic rings. The summed E-state index contributed by atoms with van der Waals surface area (Å²) >= 11 is 0. The molecule has 0 heterocycles. The van der Waals surface area contributed by atoms with Gasteiger partial charge in [-0.05, 0) is 5.56 Å². The van der Waals surface area contributed by atoms with Crippen LogP contribution in [-0.4, -0.2) is 27.4 Å². The van der Waals surface area contributed by atoms with E-state index in [1.54, 1.807) is 18.2 Å². The third-order valence-electron chi connectivity index (χ3n) is 2.19. The van der Waals surface area contributed by atoms with Crippen LogP contribution in [0, 0.1) is 0 Å². The van der Waals surface area contributed by atoms with Gasteiger partial charge in [0, 0.05) is 0 Å². The molecule has 2 atom stereocenters. The molecule has 3 N–H and O–H groups in total. The highest BCUT2D eigenvalue weighted by Crippen LogP contribution is 2.26. The van der Waals surface area contributed by atoms with Crippen LogP contribution in [0.3, 0.4) is 0 Å². The van der Waals surface area contributed by atoms with Crippen molar-refractivity contribution < 1.29 is 20.1 Å². The Kier molecular flexibility index (Phi) is 3.24. The Morgan fingerprint density at radius 1 is 1.40 bits per heavy atom. The number of rotatable bonds is 4. The van der Waals surface area contributed by atoms with Crippen molar-refractivity contribution in [3.05, 3.63) is 48.6 Å². The van der Waals surface area contributed by atoms with Gasteiger partial charge >= 0.3 is 5.97 Å². The van der Waals surface area contributed by atoms with E-state index in [1.165, 1.54) is 12.1 Å². The highest BCUT2D eigenvalue weighted by atomic mass is 16.4. The van der Waals surface area contributed by atoms with E-state index in [4.69, 9.17) is 5.11 Å². The number of aliphatic hydroxyl groups excluding tert-OH is 1. The molecule has 0 aromatic heterocycles. The number of carboxylic acid groups (broad SMARTS) is 1. The molecule has 4 nitrogen and oxygen atoms in total. The summed E-state index contributed by atoms with van der Waals surface area (Å²) in [6.07, 6.45) is -0.571. The Bertz CT molecular complexity index is 360. The van der Waals surface area contributed by atoms with Crippen molar-refractivity contribution in [3.63, 3.8) is 0 Å². The molecule has 0 aliphatic heterocycles. The van der Waals surface area contributed by atoms with Gasteiger partial charge in [0.25, 0.3) is 0 Å². The molecule has 0 saturated heterocycles. The smallest absolute Gasteiger partial charge is 0.343 e. The lowest BCUT2D eigenvalue weighted by atomic mass is 9.88. The van der Waals surface area contributed by atoms with E-state index >= 15 is 0 Å². The van der Waals surface area contributed by atoms with Crippen LogP contribution in [0.2, 0.25) is 0 Å². The lowest BCUT2D eigenvalue weighted by molar-refractivity contribution is -0.169. The van der Waals surface area contributed by atoms with E-state index in [0.717, 1.165) is 6.08 Å². The second-order valence-electron chi connectivity index (χ2n) is 3.12. The fourth-order valence-electron chi connectivity index (χ4n) is 1.28. The molecule has 80 valence electrons. The second kappa shape index (κ2) is 4.25. The number of carbonyl (C=O) groups is 1. The van der Waals surface area contributed by atoms with Crippen molar-refractivity contribution in [2.75, 3.05) is 0 Å². The molecule has 1 rings (SSSR count). The Morgan fingerprint density at radius 2 is 1.93 bits per heavy atom. The van der Waals surface area contributed by atoms with E-state index in [-0.39, 0.29) is 5.56 Å². The first-order valence-electron chi connectivity index (χ1n) is 4.35. The van der Waals surface area contributed by atoms with Crippen molar-refractivity contribution in [2.45, 2.75) is 11.7 Å². The summed E-state index contributed by atoms with van der Waals surface area (Å²) in [5.74, 6) is -1.51. The highest BCUT2D eigenvalue weighted by Gasteiger charge is 2.43. The first-order chi connectivity index (χ1) is 7.03. The summed E-state index contributed by atoms with van der Waals surface area (Å²) in [6, 6.07) is 7.71. The van der Waals surface area contributed by atoms with Crippen LogP contribution < -0.4 is 0 Å². The van der Waals surface area contributed by atoms with Gasteiger partial charge < -0.3 is 15.3 Å². The van der Waals surface area contributed by atoms with Crippen LogP contribution in [-0.2, 0) is 10.4 Å². The van der Waals surface area contributed by atoms with E-state index in [9.17, 15) is 15.0 Å². The zero-order valence-corrected chi connectivity index (χ0v) is 8.00. The molecule has 0 aliphatic carbocycles. The predicted octanol–water partition coefficient (Wildman–Crippen LogP) is 0.506. The Labute approximate surface area is 87.1 Å². The number of aliphatic hydroxyl groups is 2. The first-order valence-corrected chi connectivity index (χ1v) is 4.35. The molecule has 0 fully saturated rings. The fraction of sp³-hybridized carbons (Fsp3) is 0.182. The average molecular weight is 208 g/mol. The van der Waals surface area contributed by atoms with Crippen molar-refractivity contribution in [2.24, 2.45) is 0 Å². The summed E-state index contributed by atoms with van der Waals surface area (Å²) in [5, 5.41) is 28.3. The van der Waals surface area contributed by atoms with Crippen molar-refractivity contribution in [3.8, 4) is 0 Å². The van der Waals surface area contributed by atoms with Crippen LogP contribution in [0.5, 0.6) is 0 Å². The van der Waals surface area contributed by atoms with Gasteiger partial charge in [-0.25, -0.2) is 4.79 Å². The van der Waals surface area contributed by atoms with Crippen LogP contribution in [0.1, 0.15) is 5.56 Å².